The quantitative estimate of drug-likeness (QED) is 0.627. The van der Waals surface area contributed by atoms with Crippen molar-refractivity contribution in [3.05, 3.63) is 0 Å². The van der Waals surface area contributed by atoms with Crippen LogP contribution in [-0.2, 0) is 0 Å². The van der Waals surface area contributed by atoms with Gasteiger partial charge in [-0.25, -0.2) is 0 Å². The highest BCUT2D eigenvalue weighted by Crippen LogP contribution is 2.30. The lowest BCUT2D eigenvalue weighted by molar-refractivity contribution is 0.146. The van der Waals surface area contributed by atoms with Crippen LogP contribution >= 0.6 is 0 Å². The molecule has 0 aromatic rings. The summed E-state index contributed by atoms with van der Waals surface area (Å²) in [6.07, 6.45) is 4.19. The first-order chi connectivity index (χ1) is 4.75. The van der Waals surface area contributed by atoms with Crippen LogP contribution in [0.1, 0.15) is 19.3 Å². The molecule has 1 saturated carbocycles. The molecule has 0 radical (unpaired) electrons. The molecule has 0 amide bonds. The molecule has 0 bridgehead atoms. The van der Waals surface area contributed by atoms with E-state index in [1.807, 2.05) is 0 Å². The van der Waals surface area contributed by atoms with Crippen molar-refractivity contribution < 1.29 is 0 Å². The summed E-state index contributed by atoms with van der Waals surface area (Å²) in [5.41, 5.74) is 5.64. The summed E-state index contributed by atoms with van der Waals surface area (Å²) < 4.78 is 0. The molecule has 1 unspecified atom stereocenters. The number of nitrogens with two attached hydrogens (primary N) is 1. The average Bonchev–Trinajstić information content (AvgIpc) is 1.76. The Hall–Kier alpha value is -0.0800. The first-order valence-electron chi connectivity index (χ1n) is 4.12. The van der Waals surface area contributed by atoms with Gasteiger partial charge < -0.3 is 10.6 Å². The van der Waals surface area contributed by atoms with E-state index in [4.69, 9.17) is 5.73 Å². The van der Waals surface area contributed by atoms with Crippen LogP contribution in [0.15, 0.2) is 0 Å². The predicted octanol–water partition coefficient (Wildman–Crippen LogP) is 0.675. The van der Waals surface area contributed by atoms with Crippen molar-refractivity contribution in [3.8, 4) is 0 Å². The SMILES string of the molecule is CN(C)C(CN)C1CCC1. The molecule has 0 aliphatic heterocycles. The Morgan fingerprint density at radius 1 is 1.50 bits per heavy atom. The van der Waals surface area contributed by atoms with Crippen LogP contribution in [0.5, 0.6) is 0 Å². The monoisotopic (exact) mass is 142 g/mol. The van der Waals surface area contributed by atoms with Gasteiger partial charge in [-0.05, 0) is 32.9 Å². The molecule has 0 heterocycles. The second kappa shape index (κ2) is 3.35. The lowest BCUT2D eigenvalue weighted by Crippen LogP contribution is -2.43. The van der Waals surface area contributed by atoms with E-state index in [1.165, 1.54) is 19.3 Å². The average molecular weight is 142 g/mol. The fourth-order valence-corrected chi connectivity index (χ4v) is 1.65. The zero-order valence-corrected chi connectivity index (χ0v) is 7.01. The van der Waals surface area contributed by atoms with Crippen molar-refractivity contribution in [1.29, 1.82) is 0 Å². The zero-order chi connectivity index (χ0) is 7.56. The maximum absolute atomic E-state index is 5.64. The van der Waals surface area contributed by atoms with Gasteiger partial charge in [0.05, 0.1) is 0 Å². The highest BCUT2D eigenvalue weighted by Gasteiger charge is 2.27. The van der Waals surface area contributed by atoms with E-state index in [-0.39, 0.29) is 0 Å². The van der Waals surface area contributed by atoms with Crippen molar-refractivity contribution in [3.63, 3.8) is 0 Å². The summed E-state index contributed by atoms with van der Waals surface area (Å²) in [5.74, 6) is 0.889. The molecule has 10 heavy (non-hydrogen) atoms. The number of nitrogens with zero attached hydrogens (tertiary/aromatic N) is 1. The lowest BCUT2D eigenvalue weighted by Gasteiger charge is -2.37. The van der Waals surface area contributed by atoms with Gasteiger partial charge in [0.1, 0.15) is 0 Å². The molecular weight excluding hydrogens is 124 g/mol. The van der Waals surface area contributed by atoms with Gasteiger partial charge in [-0.1, -0.05) is 6.42 Å². The molecule has 0 aromatic heterocycles. The Balaban J connectivity index is 2.31. The van der Waals surface area contributed by atoms with Crippen molar-refractivity contribution in [1.82, 2.24) is 4.90 Å². The van der Waals surface area contributed by atoms with Gasteiger partial charge in [0, 0.05) is 12.6 Å². The van der Waals surface area contributed by atoms with Gasteiger partial charge in [-0.15, -0.1) is 0 Å². The predicted molar refractivity (Wildman–Crippen MR) is 43.9 cm³/mol. The molecule has 0 spiro atoms. The Kier molecular flexibility index (Phi) is 2.69. The molecule has 0 aromatic carbocycles. The van der Waals surface area contributed by atoms with Crippen molar-refractivity contribution in [2.75, 3.05) is 20.6 Å². The summed E-state index contributed by atoms with van der Waals surface area (Å²) in [6, 6.07) is 0.633. The van der Waals surface area contributed by atoms with Crippen LogP contribution in [0.4, 0.5) is 0 Å². The molecule has 1 fully saturated rings. The van der Waals surface area contributed by atoms with Crippen LogP contribution in [0.25, 0.3) is 0 Å². The summed E-state index contributed by atoms with van der Waals surface area (Å²) in [4.78, 5) is 2.25. The van der Waals surface area contributed by atoms with Crippen LogP contribution < -0.4 is 5.73 Å². The van der Waals surface area contributed by atoms with E-state index in [0.29, 0.717) is 6.04 Å². The van der Waals surface area contributed by atoms with E-state index in [9.17, 15) is 0 Å². The van der Waals surface area contributed by atoms with Gasteiger partial charge in [0.2, 0.25) is 0 Å². The Morgan fingerprint density at radius 2 is 2.10 bits per heavy atom. The fraction of sp³-hybridized carbons (Fsp3) is 1.00. The molecule has 2 N–H and O–H groups in total. The maximum Gasteiger partial charge on any atom is 0.0240 e. The number of likely N-dealkylation sites (N-methyl/N-ethyl adjacent to an activating group) is 1. The third-order valence-electron chi connectivity index (χ3n) is 2.60. The Labute approximate surface area is 63.4 Å². The van der Waals surface area contributed by atoms with Crippen molar-refractivity contribution in [2.24, 2.45) is 11.7 Å². The molecule has 1 aliphatic rings. The lowest BCUT2D eigenvalue weighted by atomic mass is 9.79. The minimum atomic E-state index is 0.633. The van der Waals surface area contributed by atoms with Crippen molar-refractivity contribution in [2.45, 2.75) is 25.3 Å². The smallest absolute Gasteiger partial charge is 0.0240 e. The number of hydrogen-bond donors (Lipinski definition) is 1. The van der Waals surface area contributed by atoms with E-state index in [2.05, 4.69) is 19.0 Å². The minimum absolute atomic E-state index is 0.633. The standard InChI is InChI=1S/C8H18N2/c1-10(2)8(6-9)7-4-3-5-7/h7-8H,3-6,9H2,1-2H3. The molecule has 2 heteroatoms. The van der Waals surface area contributed by atoms with Crippen LogP contribution in [-0.4, -0.2) is 31.6 Å². The third kappa shape index (κ3) is 1.50. The summed E-state index contributed by atoms with van der Waals surface area (Å²) in [5, 5.41) is 0. The zero-order valence-electron chi connectivity index (χ0n) is 7.01. The number of rotatable bonds is 3. The van der Waals surface area contributed by atoms with E-state index < -0.39 is 0 Å². The Morgan fingerprint density at radius 3 is 2.20 bits per heavy atom. The first-order valence-corrected chi connectivity index (χ1v) is 4.12. The van der Waals surface area contributed by atoms with E-state index in [1.54, 1.807) is 0 Å². The molecular formula is C8H18N2. The van der Waals surface area contributed by atoms with Gasteiger partial charge in [0.15, 0.2) is 0 Å². The summed E-state index contributed by atoms with van der Waals surface area (Å²) >= 11 is 0. The normalized spacial score (nSPS) is 22.8. The summed E-state index contributed by atoms with van der Waals surface area (Å²) in [7, 11) is 4.24. The second-order valence-corrected chi connectivity index (χ2v) is 3.46. The largest absolute Gasteiger partial charge is 0.329 e. The highest BCUT2D eigenvalue weighted by molar-refractivity contribution is 4.82. The third-order valence-corrected chi connectivity index (χ3v) is 2.60. The fourth-order valence-electron chi connectivity index (χ4n) is 1.65. The van der Waals surface area contributed by atoms with Crippen LogP contribution in [0.3, 0.4) is 0 Å². The molecule has 0 saturated heterocycles. The summed E-state index contributed by atoms with van der Waals surface area (Å²) in [6.45, 7) is 0.817. The second-order valence-electron chi connectivity index (χ2n) is 3.46. The number of hydrogen-bond acceptors (Lipinski definition) is 2. The van der Waals surface area contributed by atoms with Crippen LogP contribution in [0, 0.1) is 5.92 Å². The topological polar surface area (TPSA) is 29.3 Å². The maximum atomic E-state index is 5.64. The molecule has 2 nitrogen and oxygen atoms in total. The van der Waals surface area contributed by atoms with Gasteiger partial charge in [-0.2, -0.15) is 0 Å². The molecule has 1 atom stereocenters. The Bertz CT molecular complexity index is 97.4. The van der Waals surface area contributed by atoms with Gasteiger partial charge in [0.25, 0.3) is 0 Å². The van der Waals surface area contributed by atoms with E-state index in [0.717, 1.165) is 12.5 Å². The first kappa shape index (κ1) is 8.02. The molecule has 1 aliphatic carbocycles. The highest BCUT2D eigenvalue weighted by atomic mass is 15.1. The minimum Gasteiger partial charge on any atom is -0.329 e. The van der Waals surface area contributed by atoms with Crippen LogP contribution in [0.2, 0.25) is 0 Å². The van der Waals surface area contributed by atoms with Gasteiger partial charge >= 0.3 is 0 Å². The molecule has 60 valence electrons. The van der Waals surface area contributed by atoms with Crippen molar-refractivity contribution >= 4 is 0 Å². The molecule has 1 rings (SSSR count). The van der Waals surface area contributed by atoms with Gasteiger partial charge in [-0.3, -0.25) is 0 Å². The van der Waals surface area contributed by atoms with E-state index >= 15 is 0 Å².